The lowest BCUT2D eigenvalue weighted by molar-refractivity contribution is -0.385. The average molecular weight is 584 g/mol. The number of hydrogen-bond donors (Lipinski definition) is 1. The molecule has 0 atom stereocenters. The number of methoxy groups -OCH3 is 1. The molecule has 0 unspecified atom stereocenters. The largest absolute Gasteiger partial charge is 0.493 e. The molecule has 0 heterocycles. The Kier molecular flexibility index (Phi) is 7.77. The highest BCUT2D eigenvalue weighted by molar-refractivity contribution is 9.10. The third-order valence-corrected chi connectivity index (χ3v) is 7.52. The van der Waals surface area contributed by atoms with Crippen molar-refractivity contribution < 1.29 is 30.7 Å². The van der Waals surface area contributed by atoms with Gasteiger partial charge in [0.05, 0.1) is 27.6 Å². The molecule has 0 aliphatic carbocycles. The van der Waals surface area contributed by atoms with Crippen LogP contribution in [0.25, 0.3) is 0 Å². The van der Waals surface area contributed by atoms with E-state index in [2.05, 4.69) is 25.9 Å². The Balaban J connectivity index is 1.85. The molecule has 184 valence electrons. The number of nitro groups is 1. The number of nitrogens with zero attached hydrogens (tertiary/aromatic N) is 2. The standard InChI is InChI=1S/C21H18BrN3O8S2/c1-14-6-8-17(9-7-14)34(28,29)24-23-13-15-10-19(22)21(20(11-15)32-2)33-35(30,31)18-5-3-4-16(12-18)25(26)27/h3-13,24H,1-2H3/b23-13-. The molecular formula is C21H18BrN3O8S2. The number of aryl methyl sites for hydroxylation is 1. The van der Waals surface area contributed by atoms with Crippen molar-refractivity contribution in [2.24, 2.45) is 5.10 Å². The van der Waals surface area contributed by atoms with Crippen molar-refractivity contribution in [3.63, 3.8) is 0 Å². The molecule has 11 nitrogen and oxygen atoms in total. The molecular weight excluding hydrogens is 566 g/mol. The van der Waals surface area contributed by atoms with Crippen LogP contribution in [0.3, 0.4) is 0 Å². The Bertz CT molecular complexity index is 1510. The van der Waals surface area contributed by atoms with Crippen molar-refractivity contribution in [1.82, 2.24) is 4.83 Å². The van der Waals surface area contributed by atoms with Gasteiger partial charge in [0.15, 0.2) is 11.5 Å². The molecule has 0 saturated heterocycles. The minimum Gasteiger partial charge on any atom is -0.493 e. The lowest BCUT2D eigenvalue weighted by Crippen LogP contribution is -2.18. The van der Waals surface area contributed by atoms with Crippen LogP contribution in [0.2, 0.25) is 0 Å². The van der Waals surface area contributed by atoms with Crippen molar-refractivity contribution in [2.75, 3.05) is 7.11 Å². The maximum atomic E-state index is 12.7. The monoisotopic (exact) mass is 583 g/mol. The number of non-ortho nitro benzene ring substituents is 1. The Hall–Kier alpha value is -3.49. The van der Waals surface area contributed by atoms with Crippen LogP contribution in [0.4, 0.5) is 5.69 Å². The van der Waals surface area contributed by atoms with Gasteiger partial charge in [-0.25, -0.2) is 4.83 Å². The van der Waals surface area contributed by atoms with Crippen LogP contribution in [0.15, 0.2) is 80.0 Å². The van der Waals surface area contributed by atoms with Gasteiger partial charge in [0.2, 0.25) is 0 Å². The highest BCUT2D eigenvalue weighted by atomic mass is 79.9. The molecule has 0 spiro atoms. The molecule has 0 fully saturated rings. The fourth-order valence-electron chi connectivity index (χ4n) is 2.75. The summed E-state index contributed by atoms with van der Waals surface area (Å²) in [5.41, 5.74) is 0.833. The van der Waals surface area contributed by atoms with Crippen LogP contribution >= 0.6 is 15.9 Å². The average Bonchev–Trinajstić information content (AvgIpc) is 2.80. The van der Waals surface area contributed by atoms with E-state index in [1.807, 2.05) is 6.92 Å². The van der Waals surface area contributed by atoms with Crippen LogP contribution in [0, 0.1) is 17.0 Å². The first kappa shape index (κ1) is 26.1. The molecule has 0 saturated carbocycles. The van der Waals surface area contributed by atoms with Gasteiger partial charge < -0.3 is 8.92 Å². The second kappa shape index (κ2) is 10.4. The molecule has 35 heavy (non-hydrogen) atoms. The zero-order chi connectivity index (χ0) is 25.8. The molecule has 0 amide bonds. The van der Waals surface area contributed by atoms with Gasteiger partial charge in [-0.3, -0.25) is 10.1 Å². The van der Waals surface area contributed by atoms with E-state index in [4.69, 9.17) is 8.92 Å². The first-order chi connectivity index (χ1) is 16.4. The number of nitrogens with one attached hydrogen (secondary N) is 1. The second-order valence-electron chi connectivity index (χ2n) is 6.99. The highest BCUT2D eigenvalue weighted by Crippen LogP contribution is 2.38. The number of ether oxygens (including phenoxy) is 1. The molecule has 0 bridgehead atoms. The fraction of sp³-hybridized carbons (Fsp3) is 0.0952. The van der Waals surface area contributed by atoms with E-state index < -0.39 is 35.6 Å². The van der Waals surface area contributed by atoms with E-state index in [0.717, 1.165) is 23.8 Å². The van der Waals surface area contributed by atoms with Gasteiger partial charge in [-0.15, -0.1) is 0 Å². The summed E-state index contributed by atoms with van der Waals surface area (Å²) in [5, 5.41) is 14.7. The van der Waals surface area contributed by atoms with E-state index in [9.17, 15) is 26.9 Å². The number of sulfonamides is 1. The predicted octanol–water partition coefficient (Wildman–Crippen LogP) is 3.75. The molecule has 0 radical (unpaired) electrons. The Morgan fingerprint density at radius 1 is 1.03 bits per heavy atom. The van der Waals surface area contributed by atoms with Crippen molar-refractivity contribution in [1.29, 1.82) is 0 Å². The maximum Gasteiger partial charge on any atom is 0.339 e. The quantitative estimate of drug-likeness (QED) is 0.173. The molecule has 3 rings (SSSR count). The van der Waals surface area contributed by atoms with E-state index in [1.165, 1.54) is 43.7 Å². The summed E-state index contributed by atoms with van der Waals surface area (Å²) in [6.45, 7) is 1.83. The first-order valence-electron chi connectivity index (χ1n) is 9.61. The minimum absolute atomic E-state index is 0.0174. The van der Waals surface area contributed by atoms with Crippen LogP contribution in [-0.2, 0) is 20.1 Å². The van der Waals surface area contributed by atoms with E-state index in [0.29, 0.717) is 5.56 Å². The van der Waals surface area contributed by atoms with Crippen LogP contribution in [0.1, 0.15) is 11.1 Å². The number of nitro benzene ring substituents is 1. The summed E-state index contributed by atoms with van der Waals surface area (Å²) >= 11 is 3.20. The SMILES string of the molecule is COc1cc(/C=N\NS(=O)(=O)c2ccc(C)cc2)cc(Br)c1OS(=O)(=O)c1cccc([N+](=O)[O-])c1. The van der Waals surface area contributed by atoms with Crippen molar-refractivity contribution >= 4 is 48.0 Å². The first-order valence-corrected chi connectivity index (χ1v) is 13.3. The zero-order valence-corrected chi connectivity index (χ0v) is 21.4. The zero-order valence-electron chi connectivity index (χ0n) is 18.2. The Labute approximate surface area is 209 Å². The lowest BCUT2D eigenvalue weighted by Gasteiger charge is -2.13. The summed E-state index contributed by atoms with van der Waals surface area (Å²) in [4.78, 5) is 11.9. The molecule has 0 aromatic heterocycles. The summed E-state index contributed by atoms with van der Waals surface area (Å²) in [6.07, 6.45) is 1.19. The summed E-state index contributed by atoms with van der Waals surface area (Å²) in [6, 6.07) is 13.4. The molecule has 0 aliphatic heterocycles. The van der Waals surface area contributed by atoms with Gasteiger partial charge >= 0.3 is 10.1 Å². The number of benzene rings is 3. The third-order valence-electron chi connectivity index (χ3n) is 4.48. The highest BCUT2D eigenvalue weighted by Gasteiger charge is 2.24. The summed E-state index contributed by atoms with van der Waals surface area (Å²) < 4.78 is 60.6. The second-order valence-corrected chi connectivity index (χ2v) is 11.1. The topological polar surface area (TPSA) is 154 Å². The predicted molar refractivity (Wildman–Crippen MR) is 131 cm³/mol. The van der Waals surface area contributed by atoms with Gasteiger partial charge in [-0.05, 0) is 58.7 Å². The van der Waals surface area contributed by atoms with Gasteiger partial charge in [-0.1, -0.05) is 23.8 Å². The molecule has 3 aromatic carbocycles. The fourth-order valence-corrected chi connectivity index (χ4v) is 5.18. The van der Waals surface area contributed by atoms with Crippen LogP contribution < -0.4 is 13.8 Å². The molecule has 3 aromatic rings. The summed E-state index contributed by atoms with van der Waals surface area (Å²) in [5.74, 6) is -0.229. The van der Waals surface area contributed by atoms with Gasteiger partial charge in [0.1, 0.15) is 4.90 Å². The maximum absolute atomic E-state index is 12.7. The van der Waals surface area contributed by atoms with Crippen LogP contribution in [-0.4, -0.2) is 35.1 Å². The number of halogens is 1. The molecule has 0 aliphatic rings. The smallest absolute Gasteiger partial charge is 0.339 e. The molecule has 1 N–H and O–H groups in total. The van der Waals surface area contributed by atoms with Gasteiger partial charge in [0, 0.05) is 12.1 Å². The lowest BCUT2D eigenvalue weighted by atomic mass is 10.2. The number of hydrazone groups is 1. The van der Waals surface area contributed by atoms with Crippen molar-refractivity contribution in [2.45, 2.75) is 16.7 Å². The van der Waals surface area contributed by atoms with E-state index >= 15 is 0 Å². The number of rotatable bonds is 9. The normalized spacial score (nSPS) is 11.9. The van der Waals surface area contributed by atoms with E-state index in [1.54, 1.807) is 12.1 Å². The van der Waals surface area contributed by atoms with Crippen molar-refractivity contribution in [3.05, 3.63) is 86.4 Å². The number of hydrogen-bond acceptors (Lipinski definition) is 9. The molecule has 14 heteroatoms. The Morgan fingerprint density at radius 2 is 1.71 bits per heavy atom. The van der Waals surface area contributed by atoms with Crippen molar-refractivity contribution in [3.8, 4) is 11.5 Å². The Morgan fingerprint density at radius 3 is 2.34 bits per heavy atom. The third kappa shape index (κ3) is 6.35. The van der Waals surface area contributed by atoms with Gasteiger partial charge in [0.25, 0.3) is 15.7 Å². The minimum atomic E-state index is -4.45. The summed E-state index contributed by atoms with van der Waals surface area (Å²) in [7, 11) is -7.06. The van der Waals surface area contributed by atoms with Crippen LogP contribution in [0.5, 0.6) is 11.5 Å². The van der Waals surface area contributed by atoms with Gasteiger partial charge in [-0.2, -0.15) is 21.9 Å². The van der Waals surface area contributed by atoms with E-state index in [-0.39, 0.29) is 20.9 Å².